The Bertz CT molecular complexity index is 2880. The summed E-state index contributed by atoms with van der Waals surface area (Å²) in [5, 5.41) is 27.8. The number of nitriles is 2. The molecule has 1 aliphatic rings. The van der Waals surface area contributed by atoms with E-state index in [1.54, 1.807) is 23.5 Å². The number of hydrogen-bond acceptors (Lipinski definition) is 9. The maximum Gasteiger partial charge on any atom is 0.346 e. The first-order valence-electron chi connectivity index (χ1n) is 18.2. The van der Waals surface area contributed by atoms with Crippen molar-refractivity contribution in [3.8, 4) is 53.9 Å². The van der Waals surface area contributed by atoms with Crippen molar-refractivity contribution in [1.82, 2.24) is 0 Å². The van der Waals surface area contributed by atoms with Crippen molar-refractivity contribution < 1.29 is 19.4 Å². The van der Waals surface area contributed by atoms with E-state index in [2.05, 4.69) is 123 Å². The van der Waals surface area contributed by atoms with Gasteiger partial charge in [-0.05, 0) is 119 Å². The number of aryl methyl sites for hydroxylation is 1. The monoisotopic (exact) mass is 811 g/mol. The van der Waals surface area contributed by atoms with Gasteiger partial charge in [-0.3, -0.25) is 4.79 Å². The molecule has 7 nitrogen and oxygen atoms in total. The highest BCUT2D eigenvalue weighted by atomic mass is 32.1. The maximum absolute atomic E-state index is 11.4. The molecule has 0 saturated carbocycles. The summed E-state index contributed by atoms with van der Waals surface area (Å²) in [4.78, 5) is 30.2. The van der Waals surface area contributed by atoms with Crippen molar-refractivity contribution in [2.45, 2.75) is 26.2 Å². The number of anilines is 3. The Morgan fingerprint density at radius 1 is 0.690 bits per heavy atom. The van der Waals surface area contributed by atoms with Gasteiger partial charge in [0, 0.05) is 57.8 Å². The van der Waals surface area contributed by atoms with Gasteiger partial charge in [-0.1, -0.05) is 68.4 Å². The summed E-state index contributed by atoms with van der Waals surface area (Å²) in [6.45, 7) is 6.93. The molecule has 0 aliphatic heterocycles. The second-order valence-electron chi connectivity index (χ2n) is 14.2. The molecule has 0 atom stereocenters. The number of rotatable bonds is 11. The van der Waals surface area contributed by atoms with Gasteiger partial charge in [0.25, 0.3) is 6.47 Å². The van der Waals surface area contributed by atoms with Crippen LogP contribution in [0.2, 0.25) is 0 Å². The first kappa shape index (κ1) is 38.1. The molecule has 1 aliphatic carbocycles. The highest BCUT2D eigenvalue weighted by Crippen LogP contribution is 2.51. The van der Waals surface area contributed by atoms with E-state index in [0.29, 0.717) is 4.88 Å². The molecule has 10 heteroatoms. The number of aliphatic carboxylic acids is 1. The zero-order valence-electron chi connectivity index (χ0n) is 31.5. The van der Waals surface area contributed by atoms with Gasteiger partial charge in [-0.2, -0.15) is 10.5 Å². The first-order valence-corrected chi connectivity index (χ1v) is 20.7. The van der Waals surface area contributed by atoms with Crippen LogP contribution in [0.25, 0.3) is 53.9 Å². The van der Waals surface area contributed by atoms with E-state index < -0.39 is 5.97 Å². The normalized spacial score (nSPS) is 12.9. The average Bonchev–Trinajstić information content (AvgIpc) is 4.03. The quantitative estimate of drug-likeness (QED) is 0.0598. The van der Waals surface area contributed by atoms with Gasteiger partial charge in [-0.15, -0.1) is 34.0 Å². The lowest BCUT2D eigenvalue weighted by Crippen LogP contribution is -2.16. The minimum absolute atomic E-state index is 0.0599. The van der Waals surface area contributed by atoms with Crippen molar-refractivity contribution in [3.63, 3.8) is 0 Å². The van der Waals surface area contributed by atoms with Crippen LogP contribution in [0.4, 0.5) is 17.1 Å². The molecule has 8 rings (SSSR count). The Morgan fingerprint density at radius 2 is 1.31 bits per heavy atom. The molecule has 0 radical (unpaired) electrons. The Morgan fingerprint density at radius 3 is 1.98 bits per heavy atom. The molecule has 3 heterocycles. The number of ether oxygens (including phenoxy) is 1. The number of thiophene rings is 3. The fraction of sp³-hybridized carbons (Fsp3) is 0.0833. The summed E-state index contributed by atoms with van der Waals surface area (Å²) in [6.07, 6.45) is 2.97. The van der Waals surface area contributed by atoms with Gasteiger partial charge < -0.3 is 14.7 Å². The number of benzene rings is 4. The number of hydrogen-bond donors (Lipinski definition) is 1. The molecule has 0 bridgehead atoms. The van der Waals surface area contributed by atoms with E-state index in [1.807, 2.05) is 30.3 Å². The number of allylic oxidation sites excluding steroid dienone is 1. The minimum Gasteiger partial charge on any atom is -0.477 e. The molecular formula is C48H33N3O4S3. The van der Waals surface area contributed by atoms with Gasteiger partial charge in [0.1, 0.15) is 17.7 Å². The molecular weight excluding hydrogens is 779 g/mol. The summed E-state index contributed by atoms with van der Waals surface area (Å²) in [5.74, 6) is -1.30. The smallest absolute Gasteiger partial charge is 0.346 e. The molecule has 58 heavy (non-hydrogen) atoms. The molecule has 0 spiro atoms. The average molecular weight is 812 g/mol. The molecule has 0 fully saturated rings. The summed E-state index contributed by atoms with van der Waals surface area (Å²) in [7, 11) is 0. The lowest BCUT2D eigenvalue weighted by molar-refractivity contribution is -0.132. The van der Waals surface area contributed by atoms with Gasteiger partial charge in [0.15, 0.2) is 0 Å². The fourth-order valence-electron chi connectivity index (χ4n) is 7.41. The lowest BCUT2D eigenvalue weighted by Gasteiger charge is -2.28. The molecule has 4 aromatic carbocycles. The van der Waals surface area contributed by atoms with E-state index in [9.17, 15) is 25.2 Å². The number of carbonyl (C=O) groups excluding carboxylic acids is 1. The maximum atomic E-state index is 11.4. The van der Waals surface area contributed by atoms with E-state index in [1.165, 1.54) is 51.0 Å². The highest BCUT2D eigenvalue weighted by molar-refractivity contribution is 7.24. The third-order valence-corrected chi connectivity index (χ3v) is 13.8. The summed E-state index contributed by atoms with van der Waals surface area (Å²) in [6, 6.07) is 46.0. The third-order valence-electron chi connectivity index (χ3n) is 10.2. The molecule has 3 aromatic heterocycles. The number of nitrogens with zero attached hydrogens (tertiary/aromatic N) is 3. The van der Waals surface area contributed by atoms with Crippen LogP contribution in [0.3, 0.4) is 0 Å². The van der Waals surface area contributed by atoms with Crippen LogP contribution >= 0.6 is 34.0 Å². The molecule has 0 unspecified atom stereocenters. The second kappa shape index (κ2) is 15.6. The first-order chi connectivity index (χ1) is 28.1. The van der Waals surface area contributed by atoms with Crippen molar-refractivity contribution in [2.75, 3.05) is 4.90 Å². The zero-order valence-corrected chi connectivity index (χ0v) is 34.0. The minimum atomic E-state index is -1.24. The molecule has 1 N–H and O–H groups in total. The van der Waals surface area contributed by atoms with Crippen molar-refractivity contribution in [2.24, 2.45) is 0 Å². The van der Waals surface area contributed by atoms with Gasteiger partial charge in [-0.25, -0.2) is 4.79 Å². The molecule has 0 amide bonds. The van der Waals surface area contributed by atoms with Crippen molar-refractivity contribution in [1.29, 1.82) is 10.5 Å². The van der Waals surface area contributed by atoms with Crippen LogP contribution in [-0.4, -0.2) is 17.5 Å². The summed E-state index contributed by atoms with van der Waals surface area (Å²) < 4.78 is 4.77. The van der Waals surface area contributed by atoms with Gasteiger partial charge in [0.05, 0.1) is 0 Å². The largest absolute Gasteiger partial charge is 0.477 e. The van der Waals surface area contributed by atoms with Crippen LogP contribution < -0.4 is 4.90 Å². The Kier molecular flexibility index (Phi) is 10.2. The fourth-order valence-corrected chi connectivity index (χ4v) is 10.6. The van der Waals surface area contributed by atoms with E-state index in [0.717, 1.165) is 58.1 Å². The van der Waals surface area contributed by atoms with Crippen molar-refractivity contribution in [3.05, 3.63) is 159 Å². The number of carboxylic acid groups (broad SMARTS) is 1. The van der Waals surface area contributed by atoms with Crippen molar-refractivity contribution >= 4 is 75.7 Å². The standard InChI is InChI=1S/C48H33N3O4S3/c1-29-22-45(44-21-18-37(57-44)23-32(26-49)47(53)54)58-46(29)31-10-14-34(15-11-31)51(35-16-19-40-39-6-4-5-7-41(39)48(2,3)42(40)24-35)33-12-8-30(9-13-33)43-20-17-38(56-43)25-36(27-50)55-28-52/h4-25,28H,1-3H3,(H,53,54)/b32-23+,36-25+. The molecule has 282 valence electrons. The number of carboxylic acids is 1. The Hall–Kier alpha value is -6.82. The predicted octanol–water partition coefficient (Wildman–Crippen LogP) is 13.0. The molecule has 0 saturated heterocycles. The van der Waals surface area contributed by atoms with Crippen LogP contribution in [0, 0.1) is 29.6 Å². The van der Waals surface area contributed by atoms with Gasteiger partial charge >= 0.3 is 5.97 Å². The van der Waals surface area contributed by atoms with E-state index in [4.69, 9.17) is 4.74 Å². The Labute approximate surface area is 347 Å². The topological polar surface area (TPSA) is 114 Å². The molecule has 7 aromatic rings. The lowest BCUT2D eigenvalue weighted by atomic mass is 9.82. The van der Waals surface area contributed by atoms with Crippen LogP contribution in [0.1, 0.15) is 40.3 Å². The highest BCUT2D eigenvalue weighted by Gasteiger charge is 2.35. The second-order valence-corrected chi connectivity index (χ2v) is 17.4. The van der Waals surface area contributed by atoms with Crippen LogP contribution in [-0.2, 0) is 19.7 Å². The summed E-state index contributed by atoms with van der Waals surface area (Å²) >= 11 is 4.65. The third kappa shape index (κ3) is 7.17. The van der Waals surface area contributed by atoms with Crippen LogP contribution in [0.5, 0.6) is 0 Å². The zero-order chi connectivity index (χ0) is 40.6. The van der Waals surface area contributed by atoms with E-state index >= 15 is 0 Å². The van der Waals surface area contributed by atoms with E-state index in [-0.39, 0.29) is 23.2 Å². The Balaban J connectivity index is 1.14. The SMILES string of the molecule is Cc1cc(-c2ccc(/C=C(\C#N)C(=O)O)s2)sc1-c1ccc(N(c2ccc(-c3ccc(/C=C(\C#N)OC=O)s3)cc2)c2ccc3c(c2)C(C)(C)c2ccccc2-3)cc1. The number of carbonyl (C=O) groups is 2. The van der Waals surface area contributed by atoms with Gasteiger partial charge in [0.2, 0.25) is 5.76 Å². The summed E-state index contributed by atoms with van der Waals surface area (Å²) in [5.41, 5.74) is 11.0. The predicted molar refractivity (Wildman–Crippen MR) is 235 cm³/mol. The number of fused-ring (bicyclic) bond motifs is 3. The van der Waals surface area contributed by atoms with Crippen LogP contribution in [0.15, 0.2) is 133 Å².